The molecule has 0 amide bonds. The molecule has 0 saturated heterocycles. The SMILES string of the molecule is CSC1CCCC(NC2CC(N)C2)C1. The third kappa shape index (κ3) is 2.65. The second-order valence-electron chi connectivity index (χ2n) is 4.82. The molecule has 3 heteroatoms. The van der Waals surface area contributed by atoms with E-state index in [-0.39, 0.29) is 0 Å². The Labute approximate surface area is 91.4 Å². The van der Waals surface area contributed by atoms with Gasteiger partial charge in [0.1, 0.15) is 0 Å². The first-order valence-corrected chi connectivity index (χ1v) is 7.11. The molecule has 2 aliphatic carbocycles. The molecule has 14 heavy (non-hydrogen) atoms. The lowest BCUT2D eigenvalue weighted by Gasteiger charge is -2.38. The highest BCUT2D eigenvalue weighted by Crippen LogP contribution is 2.28. The zero-order valence-corrected chi connectivity index (χ0v) is 9.85. The van der Waals surface area contributed by atoms with E-state index in [4.69, 9.17) is 5.73 Å². The second-order valence-corrected chi connectivity index (χ2v) is 5.95. The van der Waals surface area contributed by atoms with Crippen LogP contribution in [0.3, 0.4) is 0 Å². The van der Waals surface area contributed by atoms with Crippen LogP contribution in [0.2, 0.25) is 0 Å². The minimum Gasteiger partial charge on any atom is -0.328 e. The van der Waals surface area contributed by atoms with Gasteiger partial charge in [0.05, 0.1) is 0 Å². The van der Waals surface area contributed by atoms with E-state index in [1.165, 1.54) is 38.5 Å². The Hall–Kier alpha value is 0.270. The minimum absolute atomic E-state index is 0.479. The minimum atomic E-state index is 0.479. The van der Waals surface area contributed by atoms with Gasteiger partial charge in [0, 0.05) is 23.4 Å². The van der Waals surface area contributed by atoms with Crippen molar-refractivity contribution >= 4 is 11.8 Å². The maximum Gasteiger partial charge on any atom is 0.00991 e. The fraction of sp³-hybridized carbons (Fsp3) is 1.00. The van der Waals surface area contributed by atoms with Crippen LogP contribution < -0.4 is 11.1 Å². The smallest absolute Gasteiger partial charge is 0.00991 e. The van der Waals surface area contributed by atoms with Gasteiger partial charge in [0.25, 0.3) is 0 Å². The molecule has 0 aromatic heterocycles. The molecule has 2 unspecified atom stereocenters. The van der Waals surface area contributed by atoms with Crippen LogP contribution in [0.25, 0.3) is 0 Å². The predicted molar refractivity (Wildman–Crippen MR) is 63.7 cm³/mol. The fourth-order valence-electron chi connectivity index (χ4n) is 2.64. The maximum absolute atomic E-state index is 5.78. The van der Waals surface area contributed by atoms with Crippen molar-refractivity contribution < 1.29 is 0 Å². The average molecular weight is 214 g/mol. The van der Waals surface area contributed by atoms with Crippen LogP contribution in [0.5, 0.6) is 0 Å². The summed E-state index contributed by atoms with van der Waals surface area (Å²) in [6.07, 6.45) is 10.2. The Kier molecular flexibility index (Phi) is 3.74. The Balaban J connectivity index is 1.69. The largest absolute Gasteiger partial charge is 0.328 e. The van der Waals surface area contributed by atoms with Crippen LogP contribution in [-0.4, -0.2) is 29.6 Å². The van der Waals surface area contributed by atoms with Gasteiger partial charge in [0.15, 0.2) is 0 Å². The lowest BCUT2D eigenvalue weighted by molar-refractivity contribution is 0.242. The molecule has 0 heterocycles. The number of hydrogen-bond donors (Lipinski definition) is 2. The summed E-state index contributed by atoms with van der Waals surface area (Å²) in [5.74, 6) is 0. The Bertz CT molecular complexity index is 180. The normalized spacial score (nSPS) is 43.3. The van der Waals surface area contributed by atoms with Gasteiger partial charge in [-0.25, -0.2) is 0 Å². The molecule has 0 aliphatic heterocycles. The number of nitrogens with one attached hydrogen (secondary N) is 1. The van der Waals surface area contributed by atoms with Gasteiger partial charge in [-0.1, -0.05) is 6.42 Å². The molecular weight excluding hydrogens is 192 g/mol. The molecule has 0 aromatic carbocycles. The summed E-state index contributed by atoms with van der Waals surface area (Å²) in [7, 11) is 0. The van der Waals surface area contributed by atoms with E-state index in [1.807, 2.05) is 11.8 Å². The average Bonchev–Trinajstić information content (AvgIpc) is 2.16. The summed E-state index contributed by atoms with van der Waals surface area (Å²) >= 11 is 2.04. The Morgan fingerprint density at radius 2 is 1.93 bits per heavy atom. The van der Waals surface area contributed by atoms with Crippen molar-refractivity contribution in [1.82, 2.24) is 5.32 Å². The van der Waals surface area contributed by atoms with Crippen molar-refractivity contribution in [2.24, 2.45) is 5.73 Å². The number of hydrogen-bond acceptors (Lipinski definition) is 3. The molecule has 2 fully saturated rings. The highest BCUT2D eigenvalue weighted by Gasteiger charge is 2.29. The summed E-state index contributed by atoms with van der Waals surface area (Å²) in [5, 5.41) is 4.65. The van der Waals surface area contributed by atoms with Crippen molar-refractivity contribution in [2.75, 3.05) is 6.26 Å². The van der Waals surface area contributed by atoms with Crippen molar-refractivity contribution in [3.05, 3.63) is 0 Å². The molecule has 3 N–H and O–H groups in total. The molecule has 0 aromatic rings. The van der Waals surface area contributed by atoms with E-state index in [0.29, 0.717) is 6.04 Å². The third-order valence-electron chi connectivity index (χ3n) is 3.61. The Morgan fingerprint density at radius 1 is 1.14 bits per heavy atom. The highest BCUT2D eigenvalue weighted by molar-refractivity contribution is 7.99. The number of rotatable bonds is 3. The molecular formula is C11H22N2S. The summed E-state index contributed by atoms with van der Waals surface area (Å²) in [6, 6.07) is 1.99. The van der Waals surface area contributed by atoms with Gasteiger partial charge in [-0.3, -0.25) is 0 Å². The van der Waals surface area contributed by atoms with Gasteiger partial charge in [-0.2, -0.15) is 11.8 Å². The quantitative estimate of drug-likeness (QED) is 0.751. The topological polar surface area (TPSA) is 38.0 Å². The molecule has 82 valence electrons. The van der Waals surface area contributed by atoms with Crippen molar-refractivity contribution in [2.45, 2.75) is 61.9 Å². The van der Waals surface area contributed by atoms with Gasteiger partial charge in [-0.05, 0) is 38.4 Å². The summed E-state index contributed by atoms with van der Waals surface area (Å²) in [6.45, 7) is 0. The van der Waals surface area contributed by atoms with Crippen LogP contribution in [0, 0.1) is 0 Å². The van der Waals surface area contributed by atoms with Gasteiger partial charge in [-0.15, -0.1) is 0 Å². The van der Waals surface area contributed by atoms with Crippen LogP contribution in [0.4, 0.5) is 0 Å². The molecule has 2 saturated carbocycles. The molecule has 2 rings (SSSR count). The highest BCUT2D eigenvalue weighted by atomic mass is 32.2. The van der Waals surface area contributed by atoms with E-state index in [2.05, 4.69) is 11.6 Å². The van der Waals surface area contributed by atoms with Crippen LogP contribution in [0.15, 0.2) is 0 Å². The number of thioether (sulfide) groups is 1. The molecule has 2 atom stereocenters. The first kappa shape index (κ1) is 10.8. The monoisotopic (exact) mass is 214 g/mol. The zero-order chi connectivity index (χ0) is 9.97. The van der Waals surface area contributed by atoms with E-state index in [1.54, 1.807) is 0 Å². The van der Waals surface area contributed by atoms with Gasteiger partial charge in [0.2, 0.25) is 0 Å². The van der Waals surface area contributed by atoms with Crippen LogP contribution in [0.1, 0.15) is 38.5 Å². The third-order valence-corrected chi connectivity index (χ3v) is 4.70. The zero-order valence-electron chi connectivity index (χ0n) is 9.04. The van der Waals surface area contributed by atoms with E-state index < -0.39 is 0 Å². The maximum atomic E-state index is 5.78. The van der Waals surface area contributed by atoms with Crippen molar-refractivity contribution in [3.63, 3.8) is 0 Å². The van der Waals surface area contributed by atoms with Crippen LogP contribution in [-0.2, 0) is 0 Å². The van der Waals surface area contributed by atoms with Gasteiger partial charge < -0.3 is 11.1 Å². The van der Waals surface area contributed by atoms with Crippen molar-refractivity contribution in [1.29, 1.82) is 0 Å². The number of nitrogens with two attached hydrogens (primary N) is 1. The molecule has 2 aliphatic rings. The van der Waals surface area contributed by atoms with E-state index >= 15 is 0 Å². The first-order valence-electron chi connectivity index (χ1n) is 5.82. The summed E-state index contributed by atoms with van der Waals surface area (Å²) < 4.78 is 0. The molecule has 2 nitrogen and oxygen atoms in total. The summed E-state index contributed by atoms with van der Waals surface area (Å²) in [4.78, 5) is 0. The van der Waals surface area contributed by atoms with Crippen LogP contribution >= 0.6 is 11.8 Å². The fourth-order valence-corrected chi connectivity index (χ4v) is 3.47. The first-order chi connectivity index (χ1) is 6.78. The predicted octanol–water partition coefficient (Wildman–Crippen LogP) is 1.74. The van der Waals surface area contributed by atoms with E-state index in [9.17, 15) is 0 Å². The van der Waals surface area contributed by atoms with Gasteiger partial charge >= 0.3 is 0 Å². The molecule has 0 radical (unpaired) electrons. The molecule has 0 bridgehead atoms. The second kappa shape index (κ2) is 4.86. The molecule has 0 spiro atoms. The summed E-state index contributed by atoms with van der Waals surface area (Å²) in [5.41, 5.74) is 5.78. The van der Waals surface area contributed by atoms with E-state index in [0.717, 1.165) is 17.3 Å². The lowest BCUT2D eigenvalue weighted by Crippen LogP contribution is -2.52. The Morgan fingerprint density at radius 3 is 2.57 bits per heavy atom. The lowest BCUT2D eigenvalue weighted by atomic mass is 9.85. The van der Waals surface area contributed by atoms with Crippen molar-refractivity contribution in [3.8, 4) is 0 Å². The standard InChI is InChI=1S/C11H22N2S/c1-14-11-4-2-3-9(7-11)13-10-5-8(12)6-10/h8-11,13H,2-7,12H2,1H3.